The Morgan fingerprint density at radius 3 is 2.67 bits per heavy atom. The third-order valence-electron chi connectivity index (χ3n) is 4.33. The molecule has 140 valence electrons. The smallest absolute Gasteiger partial charge is 0.261 e. The predicted molar refractivity (Wildman–Crippen MR) is 102 cm³/mol. The van der Waals surface area contributed by atoms with Crippen molar-refractivity contribution in [2.45, 2.75) is 20.0 Å². The Hall–Kier alpha value is -3.35. The highest BCUT2D eigenvalue weighted by molar-refractivity contribution is 5.81. The summed E-state index contributed by atoms with van der Waals surface area (Å²) in [6.45, 7) is 2.05. The molecule has 3 rings (SSSR count). The number of methoxy groups -OCH3 is 2. The second-order valence-corrected chi connectivity index (χ2v) is 6.08. The van der Waals surface area contributed by atoms with E-state index in [4.69, 9.17) is 9.47 Å². The third-order valence-corrected chi connectivity index (χ3v) is 4.33. The van der Waals surface area contributed by atoms with Gasteiger partial charge in [0.05, 0.1) is 31.4 Å². The number of nitrogens with zero attached hydrogens (tertiary/aromatic N) is 2. The largest absolute Gasteiger partial charge is 0.493 e. The molecule has 0 spiro atoms. The number of nitrogens with one attached hydrogen (secondary N) is 1. The molecule has 0 atom stereocenters. The molecule has 0 aliphatic rings. The van der Waals surface area contributed by atoms with Crippen molar-refractivity contribution in [1.29, 1.82) is 0 Å². The van der Waals surface area contributed by atoms with Crippen molar-refractivity contribution >= 4 is 16.8 Å². The fourth-order valence-electron chi connectivity index (χ4n) is 2.95. The average Bonchev–Trinajstić information content (AvgIpc) is 2.68. The minimum atomic E-state index is -0.296. The first-order chi connectivity index (χ1) is 13.0. The minimum absolute atomic E-state index is 0.109. The monoisotopic (exact) mass is 367 g/mol. The number of hydrogen-bond acceptors (Lipinski definition) is 5. The molecular weight excluding hydrogens is 346 g/mol. The summed E-state index contributed by atoms with van der Waals surface area (Å²) in [5.74, 6) is 0.866. The number of carbonyl (C=O) groups is 1. The van der Waals surface area contributed by atoms with Gasteiger partial charge in [-0.2, -0.15) is 0 Å². The van der Waals surface area contributed by atoms with Gasteiger partial charge in [0.25, 0.3) is 5.56 Å². The lowest BCUT2D eigenvalue weighted by atomic mass is 10.1. The van der Waals surface area contributed by atoms with Crippen molar-refractivity contribution in [2.75, 3.05) is 14.2 Å². The highest BCUT2D eigenvalue weighted by Gasteiger charge is 2.12. The maximum Gasteiger partial charge on any atom is 0.261 e. The quantitative estimate of drug-likeness (QED) is 0.721. The second-order valence-electron chi connectivity index (χ2n) is 6.08. The van der Waals surface area contributed by atoms with Crippen LogP contribution < -0.4 is 20.3 Å². The Kier molecular flexibility index (Phi) is 5.40. The van der Waals surface area contributed by atoms with Crippen molar-refractivity contribution in [3.63, 3.8) is 0 Å². The minimum Gasteiger partial charge on any atom is -0.493 e. The summed E-state index contributed by atoms with van der Waals surface area (Å²) < 4.78 is 11.9. The molecule has 0 bridgehead atoms. The maximum absolute atomic E-state index is 12.6. The number of aryl methyl sites for hydroxylation is 1. The third kappa shape index (κ3) is 3.76. The van der Waals surface area contributed by atoms with E-state index in [1.165, 1.54) is 10.9 Å². The fraction of sp³-hybridized carbons (Fsp3) is 0.250. The van der Waals surface area contributed by atoms with Crippen LogP contribution in [0.4, 0.5) is 0 Å². The highest BCUT2D eigenvalue weighted by atomic mass is 16.5. The van der Waals surface area contributed by atoms with Crippen LogP contribution in [0.3, 0.4) is 0 Å². The maximum atomic E-state index is 12.6. The second kappa shape index (κ2) is 7.90. The molecule has 2 aromatic carbocycles. The van der Waals surface area contributed by atoms with Gasteiger partial charge in [0.2, 0.25) is 5.91 Å². The molecule has 1 heterocycles. The van der Waals surface area contributed by atoms with Gasteiger partial charge in [-0.1, -0.05) is 24.3 Å². The van der Waals surface area contributed by atoms with E-state index in [0.29, 0.717) is 22.4 Å². The fourth-order valence-corrected chi connectivity index (χ4v) is 2.95. The molecule has 7 nitrogen and oxygen atoms in total. The number of carbonyl (C=O) groups excluding carboxylic acids is 1. The lowest BCUT2D eigenvalue weighted by molar-refractivity contribution is -0.121. The van der Waals surface area contributed by atoms with E-state index in [2.05, 4.69) is 10.3 Å². The molecule has 0 aliphatic carbocycles. The molecule has 27 heavy (non-hydrogen) atoms. The van der Waals surface area contributed by atoms with Crippen LogP contribution in [-0.4, -0.2) is 29.7 Å². The van der Waals surface area contributed by atoms with Crippen LogP contribution in [0.15, 0.2) is 47.5 Å². The number of hydrogen-bond donors (Lipinski definition) is 1. The number of rotatable bonds is 6. The number of amides is 1. The lowest BCUT2D eigenvalue weighted by Gasteiger charge is -2.13. The Morgan fingerprint density at radius 2 is 1.93 bits per heavy atom. The summed E-state index contributed by atoms with van der Waals surface area (Å²) >= 11 is 0. The van der Waals surface area contributed by atoms with Crippen LogP contribution in [0.1, 0.15) is 11.1 Å². The van der Waals surface area contributed by atoms with E-state index >= 15 is 0 Å². The van der Waals surface area contributed by atoms with Gasteiger partial charge < -0.3 is 14.8 Å². The molecule has 1 aromatic heterocycles. The van der Waals surface area contributed by atoms with Crippen molar-refractivity contribution in [3.05, 3.63) is 64.2 Å². The van der Waals surface area contributed by atoms with Crippen LogP contribution in [0.2, 0.25) is 0 Å². The Morgan fingerprint density at radius 1 is 1.15 bits per heavy atom. The normalized spacial score (nSPS) is 10.6. The van der Waals surface area contributed by atoms with E-state index in [0.717, 1.165) is 11.1 Å². The number of fused-ring (bicyclic) bond motifs is 1. The summed E-state index contributed by atoms with van der Waals surface area (Å²) in [4.78, 5) is 29.2. The molecule has 0 saturated carbocycles. The zero-order valence-electron chi connectivity index (χ0n) is 15.5. The van der Waals surface area contributed by atoms with Crippen molar-refractivity contribution < 1.29 is 14.3 Å². The number of ether oxygens (including phenoxy) is 2. The van der Waals surface area contributed by atoms with Gasteiger partial charge in [-0.3, -0.25) is 14.2 Å². The van der Waals surface area contributed by atoms with Gasteiger partial charge in [0.1, 0.15) is 6.54 Å². The van der Waals surface area contributed by atoms with Crippen molar-refractivity contribution in [3.8, 4) is 11.5 Å². The van der Waals surface area contributed by atoms with Crippen LogP contribution >= 0.6 is 0 Å². The zero-order chi connectivity index (χ0) is 19.4. The molecular formula is C20H21N3O4. The van der Waals surface area contributed by atoms with Crippen LogP contribution in [-0.2, 0) is 17.9 Å². The molecule has 0 unspecified atom stereocenters. The summed E-state index contributed by atoms with van der Waals surface area (Å²) in [6.07, 6.45) is 1.41. The van der Waals surface area contributed by atoms with Gasteiger partial charge >= 0.3 is 0 Å². The molecule has 0 aliphatic heterocycles. The number of benzene rings is 2. The summed E-state index contributed by atoms with van der Waals surface area (Å²) in [6, 6.07) is 10.9. The summed E-state index contributed by atoms with van der Waals surface area (Å²) in [5, 5.41) is 3.30. The first kappa shape index (κ1) is 18.4. The number of para-hydroxylation sites is 2. The predicted octanol–water partition coefficient (Wildman–Crippen LogP) is 2.04. The van der Waals surface area contributed by atoms with E-state index < -0.39 is 0 Å². The highest BCUT2D eigenvalue weighted by Crippen LogP contribution is 2.30. The first-order valence-corrected chi connectivity index (χ1v) is 8.46. The Bertz CT molecular complexity index is 1040. The van der Waals surface area contributed by atoms with Gasteiger partial charge in [0.15, 0.2) is 11.5 Å². The molecule has 0 radical (unpaired) electrons. The lowest BCUT2D eigenvalue weighted by Crippen LogP contribution is -2.32. The molecule has 0 saturated heterocycles. The Balaban J connectivity index is 1.75. The van der Waals surface area contributed by atoms with Crippen molar-refractivity contribution in [1.82, 2.24) is 14.9 Å². The first-order valence-electron chi connectivity index (χ1n) is 8.46. The van der Waals surface area contributed by atoms with E-state index in [1.807, 2.05) is 25.1 Å². The summed E-state index contributed by atoms with van der Waals surface area (Å²) in [7, 11) is 3.10. The topological polar surface area (TPSA) is 82.5 Å². The standard InChI is InChI=1S/C20H21N3O4/c1-13-6-4-8-15-18(13)22-12-23(20(15)25)11-17(24)21-10-14-7-5-9-16(26-2)19(14)27-3/h4-9,12H,10-11H2,1-3H3,(H,21,24). The van der Waals surface area contributed by atoms with Crippen LogP contribution in [0.25, 0.3) is 10.9 Å². The van der Waals surface area contributed by atoms with Gasteiger partial charge in [-0.15, -0.1) is 0 Å². The molecule has 3 aromatic rings. The van der Waals surface area contributed by atoms with E-state index in [-0.39, 0.29) is 24.6 Å². The van der Waals surface area contributed by atoms with E-state index in [9.17, 15) is 9.59 Å². The summed E-state index contributed by atoms with van der Waals surface area (Å²) in [5.41, 5.74) is 2.12. The average molecular weight is 367 g/mol. The number of aromatic nitrogens is 2. The van der Waals surface area contributed by atoms with Crippen LogP contribution in [0, 0.1) is 6.92 Å². The van der Waals surface area contributed by atoms with Gasteiger partial charge in [-0.25, -0.2) is 4.98 Å². The van der Waals surface area contributed by atoms with Crippen molar-refractivity contribution in [2.24, 2.45) is 0 Å². The van der Waals surface area contributed by atoms with E-state index in [1.54, 1.807) is 32.4 Å². The molecule has 7 heteroatoms. The van der Waals surface area contributed by atoms with Gasteiger partial charge in [0, 0.05) is 12.1 Å². The zero-order valence-corrected chi connectivity index (χ0v) is 15.5. The SMILES string of the molecule is COc1cccc(CNC(=O)Cn2cnc3c(C)cccc3c2=O)c1OC. The molecule has 1 N–H and O–H groups in total. The molecule has 1 amide bonds. The van der Waals surface area contributed by atoms with Gasteiger partial charge in [-0.05, 0) is 24.6 Å². The molecule has 0 fully saturated rings. The Labute approximate surface area is 156 Å². The van der Waals surface area contributed by atoms with Crippen LogP contribution in [0.5, 0.6) is 11.5 Å².